The van der Waals surface area contributed by atoms with Crippen LogP contribution in [0.25, 0.3) is 0 Å². The molecule has 0 unspecified atom stereocenters. The summed E-state index contributed by atoms with van der Waals surface area (Å²) in [6, 6.07) is 0. The van der Waals surface area contributed by atoms with Gasteiger partial charge in [0.2, 0.25) is 5.89 Å². The first-order valence-corrected chi connectivity index (χ1v) is 5.58. The van der Waals surface area contributed by atoms with Crippen LogP contribution in [0.5, 0.6) is 0 Å². The van der Waals surface area contributed by atoms with Crippen LogP contribution < -0.4 is 0 Å². The van der Waals surface area contributed by atoms with E-state index in [1.165, 1.54) is 13.1 Å². The lowest BCUT2D eigenvalue weighted by atomic mass is 10.4. The molecule has 0 saturated heterocycles. The van der Waals surface area contributed by atoms with Crippen molar-refractivity contribution in [2.45, 2.75) is 12.7 Å². The van der Waals surface area contributed by atoms with Gasteiger partial charge in [-0.15, -0.1) is 0 Å². The van der Waals surface area contributed by atoms with Gasteiger partial charge in [-0.3, -0.25) is 4.79 Å². The number of rotatable bonds is 3. The number of nitrogens with zero attached hydrogens (tertiary/aromatic N) is 1. The highest BCUT2D eigenvalue weighted by Crippen LogP contribution is 2.07. The van der Waals surface area contributed by atoms with E-state index in [1.807, 2.05) is 0 Å². The second-order valence-electron chi connectivity index (χ2n) is 2.74. The van der Waals surface area contributed by atoms with E-state index in [2.05, 4.69) is 4.98 Å². The monoisotopic (exact) mass is 203 g/mol. The number of hydrogen-bond donors (Lipinski definition) is 0. The first kappa shape index (κ1) is 9.91. The lowest BCUT2D eigenvalue weighted by molar-refractivity contribution is 0.0985. The van der Waals surface area contributed by atoms with Gasteiger partial charge in [-0.2, -0.15) is 0 Å². The molecule has 0 aromatic carbocycles. The molecule has 72 valence electrons. The molecular formula is C7H9NO4S. The molecule has 0 fully saturated rings. The van der Waals surface area contributed by atoms with Crippen LogP contribution in [0.15, 0.2) is 10.6 Å². The predicted octanol–water partition coefficient (Wildman–Crippen LogP) is 0.422. The van der Waals surface area contributed by atoms with Crippen LogP contribution in [0.1, 0.15) is 23.4 Å². The highest BCUT2D eigenvalue weighted by atomic mass is 32.2. The van der Waals surface area contributed by atoms with Crippen molar-refractivity contribution >= 4 is 15.6 Å². The molecule has 0 aliphatic carbocycles. The molecule has 0 bridgehead atoms. The zero-order valence-electron chi connectivity index (χ0n) is 7.27. The number of hydrogen-bond acceptors (Lipinski definition) is 5. The predicted molar refractivity (Wildman–Crippen MR) is 45.1 cm³/mol. The Morgan fingerprint density at radius 1 is 1.62 bits per heavy atom. The third-order valence-electron chi connectivity index (χ3n) is 1.29. The molecule has 0 aliphatic heterocycles. The van der Waals surface area contributed by atoms with Gasteiger partial charge in [-0.05, 0) is 0 Å². The largest absolute Gasteiger partial charge is 0.437 e. The maximum Gasteiger partial charge on any atom is 0.210 e. The van der Waals surface area contributed by atoms with Crippen molar-refractivity contribution in [1.29, 1.82) is 0 Å². The van der Waals surface area contributed by atoms with Gasteiger partial charge >= 0.3 is 0 Å². The first-order valence-electron chi connectivity index (χ1n) is 3.52. The van der Waals surface area contributed by atoms with Crippen LogP contribution in [0.3, 0.4) is 0 Å². The standard InChI is InChI=1S/C7H9NO4S/c1-5(9)6-3-8-7(12-6)4-13(2,10)11/h3H,4H2,1-2H3. The second kappa shape index (κ2) is 3.29. The summed E-state index contributed by atoms with van der Waals surface area (Å²) >= 11 is 0. The summed E-state index contributed by atoms with van der Waals surface area (Å²) in [5.74, 6) is -0.418. The van der Waals surface area contributed by atoms with E-state index in [4.69, 9.17) is 4.42 Å². The van der Waals surface area contributed by atoms with Crippen molar-refractivity contribution in [3.05, 3.63) is 17.8 Å². The molecule has 0 atom stereocenters. The number of Topliss-reactive ketones (excluding diaryl/α,β-unsaturated/α-hetero) is 1. The van der Waals surface area contributed by atoms with E-state index >= 15 is 0 Å². The molecule has 1 aromatic heterocycles. The van der Waals surface area contributed by atoms with Crippen molar-refractivity contribution in [2.24, 2.45) is 0 Å². The first-order chi connectivity index (χ1) is 5.88. The molecule has 0 radical (unpaired) electrons. The Morgan fingerprint density at radius 2 is 2.23 bits per heavy atom. The van der Waals surface area contributed by atoms with Crippen LogP contribution in [0.4, 0.5) is 0 Å². The summed E-state index contributed by atoms with van der Waals surface area (Å²) in [4.78, 5) is 14.4. The molecule has 0 N–H and O–H groups in total. The molecule has 0 spiro atoms. The average Bonchev–Trinajstić information content (AvgIpc) is 2.31. The summed E-state index contributed by atoms with van der Waals surface area (Å²) in [6.07, 6.45) is 2.30. The number of sulfone groups is 1. The molecule has 0 aliphatic rings. The van der Waals surface area contributed by atoms with E-state index in [0.29, 0.717) is 0 Å². The fraction of sp³-hybridized carbons (Fsp3) is 0.429. The third kappa shape index (κ3) is 2.98. The maximum atomic E-state index is 10.8. The zero-order valence-corrected chi connectivity index (χ0v) is 8.09. The lowest BCUT2D eigenvalue weighted by Gasteiger charge is -1.90. The van der Waals surface area contributed by atoms with Crippen LogP contribution in [-0.4, -0.2) is 25.4 Å². The van der Waals surface area contributed by atoms with Gasteiger partial charge in [0, 0.05) is 13.2 Å². The zero-order chi connectivity index (χ0) is 10.1. The normalized spacial score (nSPS) is 11.5. The molecule has 1 heterocycles. The molecule has 0 saturated carbocycles. The lowest BCUT2D eigenvalue weighted by Crippen LogP contribution is -2.00. The minimum absolute atomic E-state index is 0.0488. The van der Waals surface area contributed by atoms with Gasteiger partial charge in [0.15, 0.2) is 21.4 Å². The molecule has 1 rings (SSSR count). The Bertz CT molecular complexity index is 417. The van der Waals surface area contributed by atoms with Gasteiger partial charge in [0.25, 0.3) is 0 Å². The minimum atomic E-state index is -3.16. The maximum absolute atomic E-state index is 10.8. The van der Waals surface area contributed by atoms with Crippen LogP contribution in [0, 0.1) is 0 Å². The SMILES string of the molecule is CC(=O)c1cnc(CS(C)(=O)=O)o1. The number of aromatic nitrogens is 1. The topological polar surface area (TPSA) is 77.2 Å². The summed E-state index contributed by atoms with van der Waals surface area (Å²) in [5, 5.41) is 0. The molecule has 6 heteroatoms. The van der Waals surface area contributed by atoms with Gasteiger partial charge in [-0.1, -0.05) is 0 Å². The Labute approximate surface area is 75.7 Å². The summed E-state index contributed by atoms with van der Waals surface area (Å²) < 4.78 is 26.5. The number of carbonyl (C=O) groups is 1. The fourth-order valence-electron chi connectivity index (χ4n) is 0.764. The molecule has 13 heavy (non-hydrogen) atoms. The van der Waals surface area contributed by atoms with E-state index in [1.54, 1.807) is 0 Å². The van der Waals surface area contributed by atoms with E-state index in [0.717, 1.165) is 6.26 Å². The highest BCUT2D eigenvalue weighted by Gasteiger charge is 2.12. The Kier molecular flexibility index (Phi) is 2.51. The minimum Gasteiger partial charge on any atom is -0.437 e. The van der Waals surface area contributed by atoms with Crippen LogP contribution in [0.2, 0.25) is 0 Å². The third-order valence-corrected chi connectivity index (χ3v) is 2.06. The summed E-state index contributed by atoms with van der Waals surface area (Å²) in [6.45, 7) is 1.32. The van der Waals surface area contributed by atoms with E-state index < -0.39 is 9.84 Å². The molecule has 0 amide bonds. The van der Waals surface area contributed by atoms with Crippen molar-refractivity contribution in [2.75, 3.05) is 6.26 Å². The summed E-state index contributed by atoms with van der Waals surface area (Å²) in [7, 11) is -3.16. The quantitative estimate of drug-likeness (QED) is 0.665. The van der Waals surface area contributed by atoms with Crippen molar-refractivity contribution in [3.8, 4) is 0 Å². The van der Waals surface area contributed by atoms with Gasteiger partial charge in [0.1, 0.15) is 5.75 Å². The molecule has 5 nitrogen and oxygen atoms in total. The van der Waals surface area contributed by atoms with Gasteiger partial charge in [-0.25, -0.2) is 13.4 Å². The molecular weight excluding hydrogens is 194 g/mol. The van der Waals surface area contributed by atoms with Crippen molar-refractivity contribution in [3.63, 3.8) is 0 Å². The average molecular weight is 203 g/mol. The smallest absolute Gasteiger partial charge is 0.210 e. The Hall–Kier alpha value is -1.17. The van der Waals surface area contributed by atoms with E-state index in [9.17, 15) is 13.2 Å². The summed E-state index contributed by atoms with van der Waals surface area (Å²) in [5.41, 5.74) is 0. The van der Waals surface area contributed by atoms with E-state index in [-0.39, 0.29) is 23.2 Å². The molecule has 1 aromatic rings. The van der Waals surface area contributed by atoms with Gasteiger partial charge < -0.3 is 4.42 Å². The van der Waals surface area contributed by atoms with Crippen LogP contribution >= 0.6 is 0 Å². The van der Waals surface area contributed by atoms with Crippen LogP contribution in [-0.2, 0) is 15.6 Å². The van der Waals surface area contributed by atoms with Crippen molar-refractivity contribution < 1.29 is 17.6 Å². The Balaban J connectivity index is 2.87. The Morgan fingerprint density at radius 3 is 2.62 bits per heavy atom. The highest BCUT2D eigenvalue weighted by molar-refractivity contribution is 7.89. The second-order valence-corrected chi connectivity index (χ2v) is 4.88. The number of oxazole rings is 1. The van der Waals surface area contributed by atoms with Gasteiger partial charge in [0.05, 0.1) is 6.20 Å². The fourth-order valence-corrected chi connectivity index (χ4v) is 1.35. The number of carbonyl (C=O) groups excluding carboxylic acids is 1. The number of ketones is 1. The van der Waals surface area contributed by atoms with Crippen molar-refractivity contribution in [1.82, 2.24) is 4.98 Å².